The minimum Gasteiger partial charge on any atom is -0.399 e. The summed E-state index contributed by atoms with van der Waals surface area (Å²) >= 11 is 0. The predicted molar refractivity (Wildman–Crippen MR) is 82.4 cm³/mol. The zero-order valence-electron chi connectivity index (χ0n) is 11.5. The smallest absolute Gasteiger partial charge is 0.242 e. The molecule has 0 aliphatic heterocycles. The standard InChI is InChI=1S/C16H16N4O/c17-14-7-6-13-10-19-20(15(13)8-14)11-16(21)18-9-12-4-2-1-3-5-12/h1-8,10H,9,11,17H2,(H,18,21). The van der Waals surface area contributed by atoms with Crippen molar-refractivity contribution >= 4 is 22.5 Å². The van der Waals surface area contributed by atoms with Crippen LogP contribution in [-0.2, 0) is 17.9 Å². The molecule has 0 atom stereocenters. The first-order chi connectivity index (χ1) is 10.2. The van der Waals surface area contributed by atoms with Gasteiger partial charge in [0, 0.05) is 17.6 Å². The summed E-state index contributed by atoms with van der Waals surface area (Å²) in [6.45, 7) is 0.695. The number of fused-ring (bicyclic) bond motifs is 1. The highest BCUT2D eigenvalue weighted by molar-refractivity contribution is 5.84. The molecule has 21 heavy (non-hydrogen) atoms. The van der Waals surface area contributed by atoms with E-state index in [-0.39, 0.29) is 12.5 Å². The number of nitrogens with zero attached hydrogens (tertiary/aromatic N) is 2. The Labute approximate surface area is 122 Å². The summed E-state index contributed by atoms with van der Waals surface area (Å²) in [5.74, 6) is -0.0775. The van der Waals surface area contributed by atoms with Gasteiger partial charge < -0.3 is 11.1 Å². The summed E-state index contributed by atoms with van der Waals surface area (Å²) < 4.78 is 1.66. The number of aromatic nitrogens is 2. The molecule has 0 unspecified atom stereocenters. The van der Waals surface area contributed by atoms with Gasteiger partial charge in [-0.1, -0.05) is 30.3 Å². The number of hydrogen-bond donors (Lipinski definition) is 2. The topological polar surface area (TPSA) is 72.9 Å². The molecule has 0 aliphatic carbocycles. The van der Waals surface area contributed by atoms with Crippen LogP contribution in [0.15, 0.2) is 54.7 Å². The van der Waals surface area contributed by atoms with E-state index in [1.54, 1.807) is 10.9 Å². The SMILES string of the molecule is Nc1ccc2cnn(CC(=O)NCc3ccccc3)c2c1. The molecule has 1 amide bonds. The quantitative estimate of drug-likeness (QED) is 0.717. The molecular weight excluding hydrogens is 264 g/mol. The van der Waals surface area contributed by atoms with Gasteiger partial charge in [-0.3, -0.25) is 9.48 Å². The second-order valence-electron chi connectivity index (χ2n) is 4.88. The van der Waals surface area contributed by atoms with Gasteiger partial charge in [-0.15, -0.1) is 0 Å². The fourth-order valence-corrected chi connectivity index (χ4v) is 2.20. The number of anilines is 1. The van der Waals surface area contributed by atoms with Crippen molar-refractivity contribution in [2.24, 2.45) is 0 Å². The summed E-state index contributed by atoms with van der Waals surface area (Å²) in [5, 5.41) is 8.09. The van der Waals surface area contributed by atoms with Gasteiger partial charge in [0.1, 0.15) is 6.54 Å². The van der Waals surface area contributed by atoms with E-state index in [4.69, 9.17) is 5.73 Å². The summed E-state index contributed by atoms with van der Waals surface area (Å²) in [6, 6.07) is 15.4. The maximum atomic E-state index is 12.0. The number of hydrogen-bond acceptors (Lipinski definition) is 3. The number of carbonyl (C=O) groups excluding carboxylic acids is 1. The molecule has 2 aromatic carbocycles. The second kappa shape index (κ2) is 5.66. The Balaban J connectivity index is 1.67. The van der Waals surface area contributed by atoms with Crippen LogP contribution in [0.1, 0.15) is 5.56 Å². The third kappa shape index (κ3) is 3.02. The van der Waals surface area contributed by atoms with Gasteiger partial charge in [0.05, 0.1) is 11.7 Å². The first-order valence-electron chi connectivity index (χ1n) is 6.74. The van der Waals surface area contributed by atoms with E-state index in [0.29, 0.717) is 12.2 Å². The third-order valence-electron chi connectivity index (χ3n) is 3.29. The number of nitrogens with two attached hydrogens (primary N) is 1. The van der Waals surface area contributed by atoms with E-state index in [2.05, 4.69) is 10.4 Å². The minimum atomic E-state index is -0.0775. The Hall–Kier alpha value is -2.82. The molecule has 0 bridgehead atoms. The molecule has 0 spiro atoms. The fraction of sp³-hybridized carbons (Fsp3) is 0.125. The van der Waals surface area contributed by atoms with Crippen LogP contribution in [0.25, 0.3) is 10.9 Å². The molecule has 0 saturated heterocycles. The number of rotatable bonds is 4. The highest BCUT2D eigenvalue weighted by atomic mass is 16.2. The normalized spacial score (nSPS) is 10.7. The lowest BCUT2D eigenvalue weighted by Crippen LogP contribution is -2.27. The lowest BCUT2D eigenvalue weighted by molar-refractivity contribution is -0.121. The zero-order chi connectivity index (χ0) is 14.7. The number of nitrogen functional groups attached to an aromatic ring is 1. The Morgan fingerprint density at radius 3 is 2.81 bits per heavy atom. The van der Waals surface area contributed by atoms with Crippen LogP contribution >= 0.6 is 0 Å². The zero-order valence-corrected chi connectivity index (χ0v) is 11.5. The molecule has 5 nitrogen and oxygen atoms in total. The summed E-state index contributed by atoms with van der Waals surface area (Å²) in [6.07, 6.45) is 1.74. The first-order valence-corrected chi connectivity index (χ1v) is 6.74. The third-order valence-corrected chi connectivity index (χ3v) is 3.29. The molecule has 0 aliphatic rings. The highest BCUT2D eigenvalue weighted by Crippen LogP contribution is 2.16. The van der Waals surface area contributed by atoms with Crippen LogP contribution in [0.4, 0.5) is 5.69 Å². The van der Waals surface area contributed by atoms with Crippen LogP contribution < -0.4 is 11.1 Å². The summed E-state index contributed by atoms with van der Waals surface area (Å²) in [7, 11) is 0. The van der Waals surface area contributed by atoms with Crippen molar-refractivity contribution in [2.75, 3.05) is 5.73 Å². The molecule has 0 radical (unpaired) electrons. The molecule has 0 fully saturated rings. The molecule has 3 rings (SSSR count). The monoisotopic (exact) mass is 280 g/mol. The van der Waals surface area contributed by atoms with Gasteiger partial charge in [0.15, 0.2) is 0 Å². The molecule has 3 aromatic rings. The van der Waals surface area contributed by atoms with Crippen LogP contribution in [-0.4, -0.2) is 15.7 Å². The number of benzene rings is 2. The number of carbonyl (C=O) groups is 1. The van der Waals surface area contributed by atoms with E-state index in [0.717, 1.165) is 16.5 Å². The number of nitrogens with one attached hydrogen (secondary N) is 1. The van der Waals surface area contributed by atoms with Gasteiger partial charge in [-0.2, -0.15) is 5.10 Å². The van der Waals surface area contributed by atoms with Crippen LogP contribution in [0.2, 0.25) is 0 Å². The maximum Gasteiger partial charge on any atom is 0.242 e. The molecule has 5 heteroatoms. The van der Waals surface area contributed by atoms with Crippen molar-refractivity contribution < 1.29 is 4.79 Å². The maximum absolute atomic E-state index is 12.0. The Morgan fingerprint density at radius 1 is 1.19 bits per heavy atom. The van der Waals surface area contributed by atoms with Gasteiger partial charge in [0.25, 0.3) is 0 Å². The van der Waals surface area contributed by atoms with Crippen LogP contribution in [0.3, 0.4) is 0 Å². The first kappa shape index (κ1) is 13.2. The molecule has 0 saturated carbocycles. The fourth-order valence-electron chi connectivity index (χ4n) is 2.20. The Bertz CT molecular complexity index is 764. The van der Waals surface area contributed by atoms with Crippen molar-refractivity contribution in [3.8, 4) is 0 Å². The average Bonchev–Trinajstić information content (AvgIpc) is 2.88. The summed E-state index contributed by atoms with van der Waals surface area (Å²) in [5.41, 5.74) is 8.37. The second-order valence-corrected chi connectivity index (χ2v) is 4.88. The van der Waals surface area contributed by atoms with E-state index < -0.39 is 0 Å². The molecule has 106 valence electrons. The van der Waals surface area contributed by atoms with Crippen molar-refractivity contribution in [1.82, 2.24) is 15.1 Å². The van der Waals surface area contributed by atoms with Gasteiger partial charge in [0.2, 0.25) is 5.91 Å². The van der Waals surface area contributed by atoms with Gasteiger partial charge in [-0.05, 0) is 23.8 Å². The molecular formula is C16H16N4O. The average molecular weight is 280 g/mol. The van der Waals surface area contributed by atoms with Crippen molar-refractivity contribution in [3.05, 3.63) is 60.3 Å². The van der Waals surface area contributed by atoms with Crippen molar-refractivity contribution in [3.63, 3.8) is 0 Å². The minimum absolute atomic E-state index is 0.0775. The van der Waals surface area contributed by atoms with Crippen molar-refractivity contribution in [2.45, 2.75) is 13.1 Å². The molecule has 3 N–H and O–H groups in total. The Kier molecular flexibility index (Phi) is 3.55. The van der Waals surface area contributed by atoms with E-state index >= 15 is 0 Å². The van der Waals surface area contributed by atoms with Crippen LogP contribution in [0, 0.1) is 0 Å². The Morgan fingerprint density at radius 2 is 2.00 bits per heavy atom. The van der Waals surface area contributed by atoms with E-state index in [9.17, 15) is 4.79 Å². The largest absolute Gasteiger partial charge is 0.399 e. The highest BCUT2D eigenvalue weighted by Gasteiger charge is 2.07. The predicted octanol–water partition coefficient (Wildman–Crippen LogP) is 1.93. The van der Waals surface area contributed by atoms with E-state index in [1.165, 1.54) is 0 Å². The summed E-state index contributed by atoms with van der Waals surface area (Å²) in [4.78, 5) is 12.0. The molecule has 1 heterocycles. The number of amides is 1. The lowest BCUT2D eigenvalue weighted by Gasteiger charge is -2.06. The van der Waals surface area contributed by atoms with Gasteiger partial charge >= 0.3 is 0 Å². The van der Waals surface area contributed by atoms with Crippen molar-refractivity contribution in [1.29, 1.82) is 0 Å². The van der Waals surface area contributed by atoms with Gasteiger partial charge in [-0.25, -0.2) is 0 Å². The van der Waals surface area contributed by atoms with Crippen LogP contribution in [0.5, 0.6) is 0 Å². The van der Waals surface area contributed by atoms with E-state index in [1.807, 2.05) is 48.5 Å². The lowest BCUT2D eigenvalue weighted by atomic mass is 10.2. The molecule has 1 aromatic heterocycles.